The Bertz CT molecular complexity index is 777. The largest absolute Gasteiger partial charge is 0.449 e. The van der Waals surface area contributed by atoms with Crippen LogP contribution >= 0.6 is 0 Å². The summed E-state index contributed by atoms with van der Waals surface area (Å²) in [7, 11) is 0. The van der Waals surface area contributed by atoms with E-state index in [1.807, 2.05) is 24.3 Å². The molecule has 0 aliphatic rings. The third-order valence-corrected chi connectivity index (χ3v) is 2.82. The van der Waals surface area contributed by atoms with E-state index in [-0.39, 0.29) is 5.76 Å². The Hall–Kier alpha value is -3.06. The fourth-order valence-electron chi connectivity index (χ4n) is 1.84. The van der Waals surface area contributed by atoms with Gasteiger partial charge in [-0.2, -0.15) is 5.26 Å². The molecule has 3 rings (SSSR count). The molecule has 0 bridgehead atoms. The van der Waals surface area contributed by atoms with Gasteiger partial charge >= 0.3 is 5.97 Å². The highest BCUT2D eigenvalue weighted by Crippen LogP contribution is 2.20. The summed E-state index contributed by atoms with van der Waals surface area (Å²) in [5.74, 6) is -0.0454. The summed E-state index contributed by atoms with van der Waals surface area (Å²) in [5, 5.41) is 9.54. The van der Waals surface area contributed by atoms with E-state index in [0.717, 1.165) is 5.39 Å². The maximum Gasteiger partial charge on any atom is 0.379 e. The van der Waals surface area contributed by atoms with Gasteiger partial charge in [0, 0.05) is 5.39 Å². The number of nitriles is 1. The first-order valence-corrected chi connectivity index (χ1v) is 5.97. The van der Waals surface area contributed by atoms with Crippen molar-refractivity contribution < 1.29 is 13.9 Å². The maximum absolute atomic E-state index is 12.0. The third kappa shape index (κ3) is 2.25. The van der Waals surface area contributed by atoms with Crippen LogP contribution in [-0.4, -0.2) is 5.97 Å². The van der Waals surface area contributed by atoms with Gasteiger partial charge in [0.1, 0.15) is 11.3 Å². The molecular weight excluding hydrogens is 254 g/mol. The number of carbonyl (C=O) groups is 1. The Kier molecular flexibility index (Phi) is 2.94. The molecule has 0 spiro atoms. The van der Waals surface area contributed by atoms with E-state index in [9.17, 15) is 4.79 Å². The zero-order chi connectivity index (χ0) is 13.9. The lowest BCUT2D eigenvalue weighted by molar-refractivity contribution is 0.0704. The van der Waals surface area contributed by atoms with Gasteiger partial charge in [0.15, 0.2) is 0 Å². The van der Waals surface area contributed by atoms with Gasteiger partial charge in [-0.05, 0) is 36.4 Å². The van der Waals surface area contributed by atoms with Crippen LogP contribution in [0.1, 0.15) is 16.1 Å². The van der Waals surface area contributed by atoms with Gasteiger partial charge in [0.25, 0.3) is 0 Å². The number of ether oxygens (including phenoxy) is 1. The quantitative estimate of drug-likeness (QED) is 0.524. The maximum atomic E-state index is 12.0. The van der Waals surface area contributed by atoms with Crippen molar-refractivity contribution in [2.24, 2.45) is 0 Å². The zero-order valence-corrected chi connectivity index (χ0v) is 10.4. The van der Waals surface area contributed by atoms with E-state index in [0.29, 0.717) is 16.9 Å². The third-order valence-electron chi connectivity index (χ3n) is 2.82. The van der Waals surface area contributed by atoms with Crippen molar-refractivity contribution in [2.75, 3.05) is 0 Å². The Morgan fingerprint density at radius 3 is 2.55 bits per heavy atom. The first-order chi connectivity index (χ1) is 9.76. The van der Waals surface area contributed by atoms with E-state index in [4.69, 9.17) is 14.4 Å². The number of hydrogen-bond donors (Lipinski definition) is 0. The highest BCUT2D eigenvalue weighted by Gasteiger charge is 2.14. The number of benzene rings is 2. The monoisotopic (exact) mass is 263 g/mol. The fourth-order valence-corrected chi connectivity index (χ4v) is 1.84. The average molecular weight is 263 g/mol. The van der Waals surface area contributed by atoms with Crippen LogP contribution in [0.3, 0.4) is 0 Å². The number of fused-ring (bicyclic) bond motifs is 1. The number of rotatable bonds is 2. The molecule has 4 nitrogen and oxygen atoms in total. The fraction of sp³-hybridized carbons (Fsp3) is 0. The lowest BCUT2D eigenvalue weighted by atomic mass is 10.2. The molecule has 0 amide bonds. The van der Waals surface area contributed by atoms with E-state index in [1.54, 1.807) is 36.4 Å². The van der Waals surface area contributed by atoms with Gasteiger partial charge in [-0.15, -0.1) is 0 Å². The van der Waals surface area contributed by atoms with Crippen molar-refractivity contribution >= 4 is 16.9 Å². The first-order valence-electron chi connectivity index (χ1n) is 5.97. The van der Waals surface area contributed by atoms with Gasteiger partial charge in [0.2, 0.25) is 5.76 Å². The lowest BCUT2D eigenvalue weighted by Gasteiger charge is -2.01. The topological polar surface area (TPSA) is 63.2 Å². The molecule has 96 valence electrons. The molecule has 0 unspecified atom stereocenters. The van der Waals surface area contributed by atoms with E-state index >= 15 is 0 Å². The van der Waals surface area contributed by atoms with Crippen LogP contribution < -0.4 is 4.74 Å². The number of furan rings is 1. The SMILES string of the molecule is N#Cc1ccc(OC(=O)c2cc3ccccc3o2)cc1. The van der Waals surface area contributed by atoms with Crippen molar-refractivity contribution in [1.29, 1.82) is 5.26 Å². The van der Waals surface area contributed by atoms with Crippen molar-refractivity contribution in [3.05, 3.63) is 65.9 Å². The minimum absolute atomic E-state index is 0.149. The van der Waals surface area contributed by atoms with Gasteiger partial charge in [-0.3, -0.25) is 0 Å². The number of carbonyl (C=O) groups excluding carboxylic acids is 1. The van der Waals surface area contributed by atoms with Gasteiger partial charge in [-0.25, -0.2) is 4.79 Å². The molecule has 0 saturated carbocycles. The Morgan fingerprint density at radius 1 is 1.10 bits per heavy atom. The Balaban J connectivity index is 1.83. The molecule has 0 aliphatic carbocycles. The molecule has 0 fully saturated rings. The van der Waals surface area contributed by atoms with Crippen molar-refractivity contribution in [2.45, 2.75) is 0 Å². The van der Waals surface area contributed by atoms with E-state index in [2.05, 4.69) is 0 Å². The molecule has 1 heterocycles. The van der Waals surface area contributed by atoms with Crippen LogP contribution in [0.4, 0.5) is 0 Å². The number of nitrogens with zero attached hydrogens (tertiary/aromatic N) is 1. The predicted octanol–water partition coefficient (Wildman–Crippen LogP) is 3.52. The smallest absolute Gasteiger partial charge is 0.379 e. The molecule has 0 radical (unpaired) electrons. The molecule has 2 aromatic carbocycles. The highest BCUT2D eigenvalue weighted by atomic mass is 16.5. The highest BCUT2D eigenvalue weighted by molar-refractivity contribution is 5.93. The second-order valence-electron chi connectivity index (χ2n) is 4.17. The van der Waals surface area contributed by atoms with Crippen LogP contribution in [-0.2, 0) is 0 Å². The molecule has 0 aliphatic heterocycles. The average Bonchev–Trinajstić information content (AvgIpc) is 2.92. The zero-order valence-electron chi connectivity index (χ0n) is 10.4. The number of hydrogen-bond acceptors (Lipinski definition) is 4. The van der Waals surface area contributed by atoms with E-state index in [1.165, 1.54) is 0 Å². The molecule has 4 heteroatoms. The normalized spacial score (nSPS) is 10.2. The second kappa shape index (κ2) is 4.90. The summed E-state index contributed by atoms with van der Waals surface area (Å²) in [4.78, 5) is 12.0. The first kappa shape index (κ1) is 12.0. The molecule has 0 N–H and O–H groups in total. The summed E-state index contributed by atoms with van der Waals surface area (Å²) in [5.41, 5.74) is 1.15. The predicted molar refractivity (Wildman–Crippen MR) is 72.3 cm³/mol. The van der Waals surface area contributed by atoms with E-state index < -0.39 is 5.97 Å². The van der Waals surface area contributed by atoms with Gasteiger partial charge in [0.05, 0.1) is 11.6 Å². The van der Waals surface area contributed by atoms with Crippen LogP contribution in [0, 0.1) is 11.3 Å². The molecule has 1 aromatic heterocycles. The Labute approximate surface area is 114 Å². The lowest BCUT2D eigenvalue weighted by Crippen LogP contribution is -2.06. The summed E-state index contributed by atoms with van der Waals surface area (Å²) in [6.07, 6.45) is 0. The molecule has 20 heavy (non-hydrogen) atoms. The van der Waals surface area contributed by atoms with Crippen LogP contribution in [0.15, 0.2) is 59.0 Å². The Morgan fingerprint density at radius 2 is 1.85 bits per heavy atom. The van der Waals surface area contributed by atoms with Gasteiger partial charge < -0.3 is 9.15 Å². The number of esters is 1. The standard InChI is InChI=1S/C16H9NO3/c17-10-11-5-7-13(8-6-11)19-16(18)15-9-12-3-1-2-4-14(12)20-15/h1-9H. The van der Waals surface area contributed by atoms with Crippen LogP contribution in [0.25, 0.3) is 11.0 Å². The summed E-state index contributed by atoms with van der Waals surface area (Å²) in [6.45, 7) is 0. The van der Waals surface area contributed by atoms with Crippen molar-refractivity contribution in [1.82, 2.24) is 0 Å². The summed E-state index contributed by atoms with van der Waals surface area (Å²) >= 11 is 0. The summed E-state index contributed by atoms with van der Waals surface area (Å²) in [6, 6.07) is 17.3. The second-order valence-corrected chi connectivity index (χ2v) is 4.17. The van der Waals surface area contributed by atoms with Crippen LogP contribution in [0.5, 0.6) is 5.75 Å². The summed E-state index contributed by atoms with van der Waals surface area (Å²) < 4.78 is 10.6. The van der Waals surface area contributed by atoms with Gasteiger partial charge in [-0.1, -0.05) is 18.2 Å². The molecule has 0 saturated heterocycles. The minimum Gasteiger partial charge on any atom is -0.449 e. The van der Waals surface area contributed by atoms with Crippen molar-refractivity contribution in [3.8, 4) is 11.8 Å². The minimum atomic E-state index is -0.564. The molecular formula is C16H9NO3. The molecule has 0 atom stereocenters. The molecule has 3 aromatic rings. The van der Waals surface area contributed by atoms with Crippen LogP contribution in [0.2, 0.25) is 0 Å². The van der Waals surface area contributed by atoms with Crippen molar-refractivity contribution in [3.63, 3.8) is 0 Å². The number of para-hydroxylation sites is 1.